The Morgan fingerprint density at radius 3 is 2.63 bits per heavy atom. The molecule has 2 rings (SSSR count). The predicted molar refractivity (Wildman–Crippen MR) is 77.9 cm³/mol. The highest BCUT2D eigenvalue weighted by Crippen LogP contribution is 2.24. The zero-order valence-corrected chi connectivity index (χ0v) is 13.4. The van der Waals surface area contributed by atoms with Crippen LogP contribution in [0, 0.1) is 0 Å². The van der Waals surface area contributed by atoms with Gasteiger partial charge in [-0.25, -0.2) is 0 Å². The smallest absolute Gasteiger partial charge is 0.236 e. The molecular formula is C13H21BrN4O. The normalized spacial score (nSPS) is 17.3. The van der Waals surface area contributed by atoms with Crippen LogP contribution in [0.1, 0.15) is 25.2 Å². The Labute approximate surface area is 122 Å². The van der Waals surface area contributed by atoms with Crippen LogP contribution in [-0.4, -0.2) is 52.2 Å². The highest BCUT2D eigenvalue weighted by Gasteiger charge is 2.23. The first-order valence-electron chi connectivity index (χ1n) is 6.77. The second-order valence-electron chi connectivity index (χ2n) is 4.90. The van der Waals surface area contributed by atoms with Gasteiger partial charge in [-0.2, -0.15) is 5.10 Å². The average Bonchev–Trinajstić information content (AvgIpc) is 2.70. The number of nitrogens with zero attached hydrogens (tertiary/aromatic N) is 4. The molecule has 0 saturated carbocycles. The number of hydrogen-bond donors (Lipinski definition) is 0. The second kappa shape index (κ2) is 6.05. The summed E-state index contributed by atoms with van der Waals surface area (Å²) in [6.45, 7) is 8.06. The molecule has 1 saturated heterocycles. The minimum Gasteiger partial charge on any atom is -0.343 e. The van der Waals surface area contributed by atoms with Gasteiger partial charge in [0.05, 0.1) is 22.4 Å². The molecule has 0 aromatic carbocycles. The summed E-state index contributed by atoms with van der Waals surface area (Å²) in [5, 5.41) is 4.59. The van der Waals surface area contributed by atoms with Gasteiger partial charge in [0.15, 0.2) is 0 Å². The lowest BCUT2D eigenvalue weighted by atomic mass is 10.2. The van der Waals surface area contributed by atoms with E-state index in [2.05, 4.69) is 39.8 Å². The van der Waals surface area contributed by atoms with Crippen LogP contribution >= 0.6 is 15.9 Å². The van der Waals surface area contributed by atoms with E-state index in [0.717, 1.165) is 42.8 Å². The highest BCUT2D eigenvalue weighted by molar-refractivity contribution is 9.10. The number of piperazine rings is 1. The molecule has 0 atom stereocenters. The molecular weight excluding hydrogens is 308 g/mol. The van der Waals surface area contributed by atoms with Crippen molar-refractivity contribution in [2.24, 2.45) is 0 Å². The number of aromatic nitrogens is 2. The van der Waals surface area contributed by atoms with Gasteiger partial charge in [0.2, 0.25) is 5.91 Å². The lowest BCUT2D eigenvalue weighted by Gasteiger charge is -2.31. The van der Waals surface area contributed by atoms with Crippen molar-refractivity contribution >= 4 is 21.8 Å². The van der Waals surface area contributed by atoms with E-state index < -0.39 is 0 Å². The number of aryl methyl sites for hydroxylation is 2. The number of carbonyl (C=O) groups is 1. The van der Waals surface area contributed by atoms with E-state index in [1.807, 2.05) is 11.7 Å². The summed E-state index contributed by atoms with van der Waals surface area (Å²) in [6, 6.07) is 0. The minimum absolute atomic E-state index is 0.195. The molecule has 1 aliphatic heterocycles. The standard InChI is InChI=1S/C13H21BrN4O/c1-4-10-13(14)11(18(5-2)15-10)8-17-7-6-16(3)12(19)9-17/h4-9H2,1-3H3. The Hall–Kier alpha value is -0.880. The van der Waals surface area contributed by atoms with Crippen molar-refractivity contribution in [2.75, 3.05) is 26.7 Å². The molecule has 1 aromatic rings. The van der Waals surface area contributed by atoms with Gasteiger partial charge >= 0.3 is 0 Å². The monoisotopic (exact) mass is 328 g/mol. The van der Waals surface area contributed by atoms with Crippen molar-refractivity contribution in [1.29, 1.82) is 0 Å². The van der Waals surface area contributed by atoms with Crippen LogP contribution in [0.4, 0.5) is 0 Å². The molecule has 1 aliphatic rings. The van der Waals surface area contributed by atoms with Crippen molar-refractivity contribution in [3.05, 3.63) is 15.9 Å². The summed E-state index contributed by atoms with van der Waals surface area (Å²) in [5.41, 5.74) is 2.27. The Morgan fingerprint density at radius 2 is 2.05 bits per heavy atom. The Morgan fingerprint density at radius 1 is 1.32 bits per heavy atom. The molecule has 19 heavy (non-hydrogen) atoms. The third kappa shape index (κ3) is 3.00. The minimum atomic E-state index is 0.195. The van der Waals surface area contributed by atoms with E-state index in [0.29, 0.717) is 6.54 Å². The average molecular weight is 329 g/mol. The Bertz CT molecular complexity index is 471. The zero-order valence-electron chi connectivity index (χ0n) is 11.8. The summed E-state index contributed by atoms with van der Waals surface area (Å²) in [6.07, 6.45) is 0.919. The number of hydrogen-bond acceptors (Lipinski definition) is 3. The van der Waals surface area contributed by atoms with Crippen LogP contribution in [0.25, 0.3) is 0 Å². The number of halogens is 1. The van der Waals surface area contributed by atoms with E-state index in [-0.39, 0.29) is 5.91 Å². The third-order valence-electron chi connectivity index (χ3n) is 3.60. The summed E-state index contributed by atoms with van der Waals surface area (Å²) in [4.78, 5) is 15.7. The fourth-order valence-corrected chi connectivity index (χ4v) is 3.01. The van der Waals surface area contributed by atoms with Crippen LogP contribution in [0.2, 0.25) is 0 Å². The predicted octanol–water partition coefficient (Wildman–Crippen LogP) is 1.50. The summed E-state index contributed by atoms with van der Waals surface area (Å²) in [7, 11) is 1.86. The molecule has 0 bridgehead atoms. The highest BCUT2D eigenvalue weighted by atomic mass is 79.9. The van der Waals surface area contributed by atoms with Gasteiger partial charge < -0.3 is 4.90 Å². The van der Waals surface area contributed by atoms with Gasteiger partial charge in [-0.3, -0.25) is 14.4 Å². The van der Waals surface area contributed by atoms with Crippen molar-refractivity contribution in [3.63, 3.8) is 0 Å². The van der Waals surface area contributed by atoms with Crippen LogP contribution in [0.3, 0.4) is 0 Å². The lowest BCUT2D eigenvalue weighted by Crippen LogP contribution is -2.48. The number of amides is 1. The van der Waals surface area contributed by atoms with Gasteiger partial charge in [0.25, 0.3) is 0 Å². The number of carbonyl (C=O) groups excluding carboxylic acids is 1. The van der Waals surface area contributed by atoms with Crippen LogP contribution in [0.15, 0.2) is 4.47 Å². The quantitative estimate of drug-likeness (QED) is 0.841. The Kier molecular flexibility index (Phi) is 4.62. The maximum absolute atomic E-state index is 11.7. The maximum atomic E-state index is 11.7. The van der Waals surface area contributed by atoms with Crippen LogP contribution in [0.5, 0.6) is 0 Å². The molecule has 1 aromatic heterocycles. The summed E-state index contributed by atoms with van der Waals surface area (Å²) >= 11 is 3.65. The summed E-state index contributed by atoms with van der Waals surface area (Å²) < 4.78 is 3.13. The van der Waals surface area contributed by atoms with Gasteiger partial charge in [0.1, 0.15) is 0 Å². The molecule has 2 heterocycles. The fourth-order valence-electron chi connectivity index (χ4n) is 2.32. The van der Waals surface area contributed by atoms with Crippen LogP contribution in [-0.2, 0) is 24.3 Å². The van der Waals surface area contributed by atoms with E-state index in [1.165, 1.54) is 5.69 Å². The molecule has 106 valence electrons. The fraction of sp³-hybridized carbons (Fsp3) is 0.692. The van der Waals surface area contributed by atoms with E-state index in [9.17, 15) is 4.79 Å². The van der Waals surface area contributed by atoms with Gasteiger partial charge in [-0.15, -0.1) is 0 Å². The number of likely N-dealkylation sites (N-methyl/N-ethyl adjacent to an activating group) is 1. The first-order chi connectivity index (χ1) is 9.06. The Balaban J connectivity index is 2.14. The molecule has 6 heteroatoms. The van der Waals surface area contributed by atoms with E-state index in [1.54, 1.807) is 4.90 Å². The maximum Gasteiger partial charge on any atom is 0.236 e. The molecule has 0 unspecified atom stereocenters. The zero-order chi connectivity index (χ0) is 14.0. The first-order valence-corrected chi connectivity index (χ1v) is 7.56. The molecule has 0 spiro atoms. The third-order valence-corrected chi connectivity index (χ3v) is 4.52. The summed E-state index contributed by atoms with van der Waals surface area (Å²) in [5.74, 6) is 0.195. The molecule has 0 aliphatic carbocycles. The van der Waals surface area contributed by atoms with Crippen molar-refractivity contribution in [3.8, 4) is 0 Å². The first kappa shape index (κ1) is 14.5. The van der Waals surface area contributed by atoms with E-state index >= 15 is 0 Å². The van der Waals surface area contributed by atoms with Gasteiger partial charge in [-0.1, -0.05) is 6.92 Å². The van der Waals surface area contributed by atoms with Crippen molar-refractivity contribution in [2.45, 2.75) is 33.4 Å². The molecule has 0 N–H and O–H groups in total. The number of rotatable bonds is 4. The largest absolute Gasteiger partial charge is 0.343 e. The molecule has 1 amide bonds. The topological polar surface area (TPSA) is 41.4 Å². The van der Waals surface area contributed by atoms with E-state index in [4.69, 9.17) is 0 Å². The molecule has 1 fully saturated rings. The van der Waals surface area contributed by atoms with Gasteiger partial charge in [0, 0.05) is 33.2 Å². The van der Waals surface area contributed by atoms with Crippen molar-refractivity contribution in [1.82, 2.24) is 19.6 Å². The molecule has 5 nitrogen and oxygen atoms in total. The molecule has 0 radical (unpaired) electrons. The SMILES string of the molecule is CCc1nn(CC)c(CN2CCN(C)C(=O)C2)c1Br. The second-order valence-corrected chi connectivity index (χ2v) is 5.70. The lowest BCUT2D eigenvalue weighted by molar-refractivity contribution is -0.134. The van der Waals surface area contributed by atoms with Crippen molar-refractivity contribution < 1.29 is 4.79 Å². The van der Waals surface area contributed by atoms with Crippen LogP contribution < -0.4 is 0 Å². The van der Waals surface area contributed by atoms with Gasteiger partial charge in [-0.05, 0) is 29.3 Å².